The number of carbonyl (C=O) groups is 1. The van der Waals surface area contributed by atoms with Crippen LogP contribution in [0, 0.1) is 0 Å². The normalized spacial score (nSPS) is 20.3. The molecule has 1 unspecified atom stereocenters. The fourth-order valence-corrected chi connectivity index (χ4v) is 1.96. The Morgan fingerprint density at radius 1 is 1.53 bits per heavy atom. The van der Waals surface area contributed by atoms with Gasteiger partial charge in [-0.3, -0.25) is 4.79 Å². The molecule has 0 saturated carbocycles. The molecule has 1 saturated heterocycles. The first-order chi connectivity index (χ1) is 8.08. The summed E-state index contributed by atoms with van der Waals surface area (Å²) in [7, 11) is 0. The number of nitrogens with two attached hydrogens (primary N) is 2. The first-order valence-electron chi connectivity index (χ1n) is 5.46. The van der Waals surface area contributed by atoms with Crippen LogP contribution in [0.1, 0.15) is 6.92 Å². The maximum atomic E-state index is 11.6. The average Bonchev–Trinajstić information content (AvgIpc) is 2.27. The Kier molecular flexibility index (Phi) is 3.10. The molecule has 0 bridgehead atoms. The number of aromatic nitrogens is 2. The van der Waals surface area contributed by atoms with Crippen LogP contribution in [-0.2, 0) is 4.79 Å². The lowest BCUT2D eigenvalue weighted by Crippen LogP contribution is -2.54. The third-order valence-electron chi connectivity index (χ3n) is 2.76. The summed E-state index contributed by atoms with van der Waals surface area (Å²) in [6.45, 7) is 3.67. The third-order valence-corrected chi connectivity index (χ3v) is 2.76. The number of rotatable bonds is 2. The van der Waals surface area contributed by atoms with E-state index in [4.69, 9.17) is 11.5 Å². The maximum Gasteiger partial charge on any atom is 0.223 e. The average molecular weight is 236 g/mol. The Labute approximate surface area is 99.2 Å². The molecule has 0 radical (unpaired) electrons. The van der Waals surface area contributed by atoms with Gasteiger partial charge in [0.15, 0.2) is 5.78 Å². The van der Waals surface area contributed by atoms with Crippen LogP contribution in [0.4, 0.5) is 17.6 Å². The number of Topliss-reactive ketones (excluding diaryl/α,β-unsaturated/α-hetero) is 1. The minimum absolute atomic E-state index is 0.0907. The van der Waals surface area contributed by atoms with Gasteiger partial charge in [-0.25, -0.2) is 0 Å². The number of hydrogen-bond donors (Lipinski definition) is 3. The molecule has 17 heavy (non-hydrogen) atoms. The SMILES string of the molecule is CC(=O)C1CNCCN1c1cc(N)nc(N)n1. The van der Waals surface area contributed by atoms with Crippen LogP contribution in [-0.4, -0.2) is 41.4 Å². The lowest BCUT2D eigenvalue weighted by Gasteiger charge is -2.35. The van der Waals surface area contributed by atoms with Crippen molar-refractivity contribution in [1.82, 2.24) is 15.3 Å². The first kappa shape index (κ1) is 11.6. The van der Waals surface area contributed by atoms with Crippen molar-refractivity contribution in [1.29, 1.82) is 0 Å². The second-order valence-corrected chi connectivity index (χ2v) is 4.03. The van der Waals surface area contributed by atoms with E-state index in [0.717, 1.165) is 6.54 Å². The fourth-order valence-electron chi connectivity index (χ4n) is 1.96. The summed E-state index contributed by atoms with van der Waals surface area (Å²) < 4.78 is 0. The van der Waals surface area contributed by atoms with Crippen molar-refractivity contribution >= 4 is 23.4 Å². The van der Waals surface area contributed by atoms with Crippen molar-refractivity contribution in [3.63, 3.8) is 0 Å². The molecule has 2 rings (SSSR count). The van der Waals surface area contributed by atoms with Crippen molar-refractivity contribution in [3.05, 3.63) is 6.07 Å². The van der Waals surface area contributed by atoms with Crippen molar-refractivity contribution < 1.29 is 4.79 Å². The number of anilines is 3. The molecule has 0 amide bonds. The highest BCUT2D eigenvalue weighted by Gasteiger charge is 2.27. The van der Waals surface area contributed by atoms with E-state index >= 15 is 0 Å². The van der Waals surface area contributed by atoms with Gasteiger partial charge in [0.2, 0.25) is 5.95 Å². The van der Waals surface area contributed by atoms with E-state index in [-0.39, 0.29) is 17.8 Å². The lowest BCUT2D eigenvalue weighted by molar-refractivity contribution is -0.118. The van der Waals surface area contributed by atoms with Gasteiger partial charge < -0.3 is 21.7 Å². The molecule has 0 spiro atoms. The Hall–Kier alpha value is -1.89. The van der Waals surface area contributed by atoms with E-state index in [1.165, 1.54) is 0 Å². The minimum atomic E-state index is -0.225. The number of ketones is 1. The molecule has 2 heterocycles. The van der Waals surface area contributed by atoms with E-state index < -0.39 is 0 Å². The van der Waals surface area contributed by atoms with Gasteiger partial charge in [-0.05, 0) is 6.92 Å². The van der Waals surface area contributed by atoms with Gasteiger partial charge in [0.1, 0.15) is 17.7 Å². The summed E-state index contributed by atoms with van der Waals surface area (Å²) in [5.41, 5.74) is 11.2. The molecule has 92 valence electrons. The molecule has 0 aliphatic carbocycles. The van der Waals surface area contributed by atoms with Gasteiger partial charge in [0, 0.05) is 25.7 Å². The smallest absolute Gasteiger partial charge is 0.223 e. The van der Waals surface area contributed by atoms with Gasteiger partial charge in [0.25, 0.3) is 0 Å². The summed E-state index contributed by atoms with van der Waals surface area (Å²) >= 11 is 0. The second-order valence-electron chi connectivity index (χ2n) is 4.03. The van der Waals surface area contributed by atoms with Crippen molar-refractivity contribution in [2.24, 2.45) is 0 Å². The highest BCUT2D eigenvalue weighted by molar-refractivity contribution is 5.85. The van der Waals surface area contributed by atoms with Crippen LogP contribution in [0.5, 0.6) is 0 Å². The summed E-state index contributed by atoms with van der Waals surface area (Å²) in [6.07, 6.45) is 0. The molecule has 1 atom stereocenters. The van der Waals surface area contributed by atoms with Crippen LogP contribution >= 0.6 is 0 Å². The quantitative estimate of drug-likeness (QED) is 0.604. The maximum absolute atomic E-state index is 11.6. The van der Waals surface area contributed by atoms with Gasteiger partial charge in [0.05, 0.1) is 0 Å². The van der Waals surface area contributed by atoms with E-state index in [9.17, 15) is 4.79 Å². The highest BCUT2D eigenvalue weighted by Crippen LogP contribution is 2.19. The molecular formula is C10H16N6O. The van der Waals surface area contributed by atoms with Crippen LogP contribution in [0.25, 0.3) is 0 Å². The Balaban J connectivity index is 2.32. The molecule has 1 fully saturated rings. The monoisotopic (exact) mass is 236 g/mol. The topological polar surface area (TPSA) is 110 Å². The van der Waals surface area contributed by atoms with Crippen LogP contribution in [0.2, 0.25) is 0 Å². The molecule has 1 aliphatic heterocycles. The Morgan fingerprint density at radius 3 is 2.94 bits per heavy atom. The Morgan fingerprint density at radius 2 is 2.29 bits per heavy atom. The molecule has 1 aromatic heterocycles. The van der Waals surface area contributed by atoms with Crippen molar-refractivity contribution in [3.8, 4) is 0 Å². The summed E-state index contributed by atoms with van der Waals surface area (Å²) in [5.74, 6) is 1.14. The molecule has 0 aromatic carbocycles. The van der Waals surface area contributed by atoms with Gasteiger partial charge in [-0.15, -0.1) is 0 Å². The summed E-state index contributed by atoms with van der Waals surface area (Å²) in [6, 6.07) is 1.41. The number of carbonyl (C=O) groups excluding carboxylic acids is 1. The lowest BCUT2D eigenvalue weighted by atomic mass is 10.1. The van der Waals surface area contributed by atoms with Crippen LogP contribution < -0.4 is 21.7 Å². The number of nitrogens with one attached hydrogen (secondary N) is 1. The van der Waals surface area contributed by atoms with Gasteiger partial charge in [-0.1, -0.05) is 0 Å². The van der Waals surface area contributed by atoms with E-state index in [1.54, 1.807) is 13.0 Å². The fraction of sp³-hybridized carbons (Fsp3) is 0.500. The van der Waals surface area contributed by atoms with Crippen LogP contribution in [0.3, 0.4) is 0 Å². The minimum Gasteiger partial charge on any atom is -0.383 e. The number of nitrogen functional groups attached to an aromatic ring is 2. The summed E-state index contributed by atoms with van der Waals surface area (Å²) in [5, 5.41) is 3.18. The molecular weight excluding hydrogens is 220 g/mol. The number of piperazine rings is 1. The molecule has 1 aliphatic rings. The predicted molar refractivity (Wildman–Crippen MR) is 65.5 cm³/mol. The zero-order chi connectivity index (χ0) is 12.4. The molecule has 5 N–H and O–H groups in total. The van der Waals surface area contributed by atoms with Crippen molar-refractivity contribution in [2.75, 3.05) is 36.0 Å². The second kappa shape index (κ2) is 4.54. The summed E-state index contributed by atoms with van der Waals surface area (Å²) in [4.78, 5) is 21.4. The third kappa shape index (κ3) is 2.44. The zero-order valence-corrected chi connectivity index (χ0v) is 9.68. The van der Waals surface area contributed by atoms with Gasteiger partial charge in [-0.2, -0.15) is 9.97 Å². The zero-order valence-electron chi connectivity index (χ0n) is 9.68. The highest BCUT2D eigenvalue weighted by atomic mass is 16.1. The van der Waals surface area contributed by atoms with E-state index in [2.05, 4.69) is 15.3 Å². The molecule has 7 heteroatoms. The first-order valence-corrected chi connectivity index (χ1v) is 5.46. The molecule has 1 aromatic rings. The Bertz CT molecular complexity index is 415. The van der Waals surface area contributed by atoms with Crippen LogP contribution in [0.15, 0.2) is 6.07 Å². The largest absolute Gasteiger partial charge is 0.383 e. The van der Waals surface area contributed by atoms with E-state index in [0.29, 0.717) is 24.7 Å². The predicted octanol–water partition coefficient (Wildman–Crippen LogP) is -0.992. The van der Waals surface area contributed by atoms with Crippen molar-refractivity contribution in [2.45, 2.75) is 13.0 Å². The number of nitrogens with zero attached hydrogens (tertiary/aromatic N) is 3. The van der Waals surface area contributed by atoms with Gasteiger partial charge >= 0.3 is 0 Å². The standard InChI is InChI=1S/C10H16N6O/c1-6(17)7-5-13-2-3-16(7)9-4-8(11)14-10(12)15-9/h4,7,13H,2-3,5H2,1H3,(H4,11,12,14,15). The van der Waals surface area contributed by atoms with E-state index in [1.807, 2.05) is 4.90 Å². The number of hydrogen-bond acceptors (Lipinski definition) is 7. The molecule has 7 nitrogen and oxygen atoms in total.